The number of hydrogen-bond acceptors (Lipinski definition) is 4. The Morgan fingerprint density at radius 3 is 2.46 bits per heavy atom. The average molecular weight is 349 g/mol. The van der Waals surface area contributed by atoms with Crippen LogP contribution in [0.1, 0.15) is 21.6 Å². The molecule has 0 aliphatic heterocycles. The molecule has 3 rings (SSSR count). The molecule has 1 heterocycles. The minimum Gasteiger partial charge on any atom is -0.494 e. The van der Waals surface area contributed by atoms with Gasteiger partial charge in [0.25, 0.3) is 11.5 Å². The summed E-state index contributed by atoms with van der Waals surface area (Å²) in [4.78, 5) is 25.1. The van der Waals surface area contributed by atoms with Crippen molar-refractivity contribution in [2.45, 2.75) is 13.8 Å². The number of hydrogen-bond donors (Lipinski definition) is 1. The van der Waals surface area contributed by atoms with Crippen LogP contribution in [0.5, 0.6) is 5.75 Å². The Morgan fingerprint density at radius 2 is 1.81 bits per heavy atom. The van der Waals surface area contributed by atoms with Gasteiger partial charge in [-0.15, -0.1) is 0 Å². The van der Waals surface area contributed by atoms with Crippen LogP contribution in [-0.4, -0.2) is 22.8 Å². The molecule has 0 radical (unpaired) electrons. The number of ether oxygens (including phenoxy) is 1. The molecule has 1 N–H and O–H groups in total. The number of benzene rings is 2. The van der Waals surface area contributed by atoms with Crippen LogP contribution in [0.25, 0.3) is 5.69 Å². The van der Waals surface area contributed by atoms with E-state index in [4.69, 9.17) is 4.74 Å². The van der Waals surface area contributed by atoms with Gasteiger partial charge in [-0.1, -0.05) is 35.9 Å². The molecule has 26 heavy (non-hydrogen) atoms. The van der Waals surface area contributed by atoms with E-state index in [2.05, 4.69) is 10.4 Å². The predicted octanol–water partition coefficient (Wildman–Crippen LogP) is 3.11. The predicted molar refractivity (Wildman–Crippen MR) is 100 cm³/mol. The molecule has 0 fully saturated rings. The Hall–Kier alpha value is -3.41. The van der Waals surface area contributed by atoms with Gasteiger partial charge in [-0.25, -0.2) is 0 Å². The van der Waals surface area contributed by atoms with Crippen molar-refractivity contribution in [2.24, 2.45) is 0 Å². The van der Waals surface area contributed by atoms with Gasteiger partial charge < -0.3 is 10.1 Å². The Morgan fingerprint density at radius 1 is 1.08 bits per heavy atom. The summed E-state index contributed by atoms with van der Waals surface area (Å²) in [5.41, 5.74) is 2.96. The number of carbonyl (C=O) groups excluding carboxylic acids is 1. The SMILES string of the molecule is COc1cc(=O)n(-c2ccccc2)nc1C(=O)Nc1ccc(C)cc1C. The third-order valence-corrected chi connectivity index (χ3v) is 3.96. The van der Waals surface area contributed by atoms with Gasteiger partial charge in [0.15, 0.2) is 11.4 Å². The van der Waals surface area contributed by atoms with Crippen LogP contribution >= 0.6 is 0 Å². The third-order valence-electron chi connectivity index (χ3n) is 3.96. The van der Waals surface area contributed by atoms with E-state index in [1.165, 1.54) is 17.9 Å². The lowest BCUT2D eigenvalue weighted by Crippen LogP contribution is -2.26. The number of methoxy groups -OCH3 is 1. The second-order valence-corrected chi connectivity index (χ2v) is 5.92. The van der Waals surface area contributed by atoms with Gasteiger partial charge >= 0.3 is 0 Å². The Bertz CT molecular complexity index is 1010. The first kappa shape index (κ1) is 17.4. The number of nitrogens with zero attached hydrogens (tertiary/aromatic N) is 2. The summed E-state index contributed by atoms with van der Waals surface area (Å²) in [6.07, 6.45) is 0. The van der Waals surface area contributed by atoms with Crippen LogP contribution in [0.4, 0.5) is 5.69 Å². The molecule has 0 aliphatic carbocycles. The van der Waals surface area contributed by atoms with E-state index in [1.54, 1.807) is 24.3 Å². The van der Waals surface area contributed by atoms with Gasteiger partial charge in [0, 0.05) is 5.69 Å². The summed E-state index contributed by atoms with van der Waals surface area (Å²) in [6.45, 7) is 3.90. The van der Waals surface area contributed by atoms with E-state index >= 15 is 0 Å². The second-order valence-electron chi connectivity index (χ2n) is 5.92. The number of rotatable bonds is 4. The second kappa shape index (κ2) is 7.23. The first-order valence-corrected chi connectivity index (χ1v) is 8.12. The Kier molecular flexibility index (Phi) is 4.84. The summed E-state index contributed by atoms with van der Waals surface area (Å²) < 4.78 is 6.37. The lowest BCUT2D eigenvalue weighted by molar-refractivity contribution is 0.101. The molecular formula is C20H19N3O3. The van der Waals surface area contributed by atoms with Gasteiger partial charge in [0.1, 0.15) is 0 Å². The minimum atomic E-state index is -0.446. The molecule has 2 aromatic carbocycles. The molecule has 1 amide bonds. The average Bonchev–Trinajstić information content (AvgIpc) is 2.64. The normalized spacial score (nSPS) is 10.4. The van der Waals surface area contributed by atoms with Gasteiger partial charge in [-0.05, 0) is 37.6 Å². The zero-order valence-electron chi connectivity index (χ0n) is 14.8. The number of para-hydroxylation sites is 1. The number of amides is 1. The van der Waals surface area contributed by atoms with Gasteiger partial charge in [0.2, 0.25) is 0 Å². The summed E-state index contributed by atoms with van der Waals surface area (Å²) in [5, 5.41) is 7.05. The van der Waals surface area contributed by atoms with Crippen molar-refractivity contribution in [3.8, 4) is 11.4 Å². The fourth-order valence-corrected chi connectivity index (χ4v) is 2.64. The van der Waals surface area contributed by atoms with Gasteiger partial charge in [0.05, 0.1) is 18.9 Å². The highest BCUT2D eigenvalue weighted by atomic mass is 16.5. The molecule has 0 unspecified atom stereocenters. The minimum absolute atomic E-state index is 0.0379. The first-order valence-electron chi connectivity index (χ1n) is 8.12. The lowest BCUT2D eigenvalue weighted by atomic mass is 10.1. The molecule has 6 nitrogen and oxygen atoms in total. The molecule has 132 valence electrons. The molecule has 1 aromatic heterocycles. The van der Waals surface area contributed by atoms with Crippen molar-refractivity contribution in [3.05, 3.63) is 81.8 Å². The van der Waals surface area contributed by atoms with Crippen LogP contribution in [0.15, 0.2) is 59.4 Å². The molecular weight excluding hydrogens is 330 g/mol. The monoisotopic (exact) mass is 349 g/mol. The van der Waals surface area contributed by atoms with Crippen molar-refractivity contribution in [1.82, 2.24) is 9.78 Å². The maximum Gasteiger partial charge on any atom is 0.280 e. The summed E-state index contributed by atoms with van der Waals surface area (Å²) in [7, 11) is 1.40. The lowest BCUT2D eigenvalue weighted by Gasteiger charge is -2.12. The van der Waals surface area contributed by atoms with Gasteiger partial charge in [-0.2, -0.15) is 9.78 Å². The van der Waals surface area contributed by atoms with E-state index < -0.39 is 5.91 Å². The highest BCUT2D eigenvalue weighted by Crippen LogP contribution is 2.20. The Labute approximate surface area is 151 Å². The van der Waals surface area contributed by atoms with E-state index in [-0.39, 0.29) is 17.0 Å². The number of anilines is 1. The molecule has 0 saturated carbocycles. The van der Waals surface area contributed by atoms with E-state index in [0.29, 0.717) is 11.4 Å². The number of carbonyl (C=O) groups is 1. The molecule has 0 atom stereocenters. The largest absolute Gasteiger partial charge is 0.494 e. The topological polar surface area (TPSA) is 73.2 Å². The zero-order valence-corrected chi connectivity index (χ0v) is 14.8. The van der Waals surface area contributed by atoms with E-state index in [0.717, 1.165) is 11.1 Å². The van der Waals surface area contributed by atoms with Crippen molar-refractivity contribution >= 4 is 11.6 Å². The smallest absolute Gasteiger partial charge is 0.280 e. The van der Waals surface area contributed by atoms with E-state index in [1.807, 2.05) is 38.1 Å². The molecule has 0 saturated heterocycles. The van der Waals surface area contributed by atoms with Crippen LogP contribution in [0.3, 0.4) is 0 Å². The maximum atomic E-state index is 12.8. The van der Waals surface area contributed by atoms with Crippen molar-refractivity contribution in [3.63, 3.8) is 0 Å². The molecule has 0 bridgehead atoms. The fourth-order valence-electron chi connectivity index (χ4n) is 2.64. The fraction of sp³-hybridized carbons (Fsp3) is 0.150. The number of aryl methyl sites for hydroxylation is 2. The number of nitrogens with one attached hydrogen (secondary N) is 1. The quantitative estimate of drug-likeness (QED) is 0.785. The van der Waals surface area contributed by atoms with Crippen LogP contribution < -0.4 is 15.6 Å². The van der Waals surface area contributed by atoms with Crippen molar-refractivity contribution in [1.29, 1.82) is 0 Å². The highest BCUT2D eigenvalue weighted by molar-refractivity contribution is 6.05. The van der Waals surface area contributed by atoms with E-state index in [9.17, 15) is 9.59 Å². The van der Waals surface area contributed by atoms with Gasteiger partial charge in [-0.3, -0.25) is 9.59 Å². The maximum absolute atomic E-state index is 12.8. The van der Waals surface area contributed by atoms with Crippen molar-refractivity contribution < 1.29 is 9.53 Å². The zero-order chi connectivity index (χ0) is 18.7. The first-order chi connectivity index (χ1) is 12.5. The van der Waals surface area contributed by atoms with Crippen LogP contribution in [0.2, 0.25) is 0 Å². The molecule has 3 aromatic rings. The summed E-state index contributed by atoms with van der Waals surface area (Å²) >= 11 is 0. The molecule has 0 spiro atoms. The van der Waals surface area contributed by atoms with Crippen molar-refractivity contribution in [2.75, 3.05) is 12.4 Å². The highest BCUT2D eigenvalue weighted by Gasteiger charge is 2.18. The number of aromatic nitrogens is 2. The summed E-state index contributed by atoms with van der Waals surface area (Å²) in [5.74, 6) is -0.317. The van der Waals surface area contributed by atoms with Crippen LogP contribution in [0, 0.1) is 13.8 Å². The molecule has 0 aliphatic rings. The third kappa shape index (κ3) is 3.49. The Balaban J connectivity index is 2.02. The van der Waals surface area contributed by atoms with Crippen LogP contribution in [-0.2, 0) is 0 Å². The standard InChI is InChI=1S/C20H19N3O3/c1-13-9-10-16(14(2)11-13)21-20(25)19-17(26-3)12-18(24)23(22-19)15-7-5-4-6-8-15/h4-12H,1-3H3,(H,21,25). The summed E-state index contributed by atoms with van der Waals surface area (Å²) in [6, 6.07) is 15.9. The molecule has 6 heteroatoms.